The molecule has 0 aliphatic heterocycles. The van der Waals surface area contributed by atoms with Gasteiger partial charge in [-0.05, 0) is 31.4 Å². The predicted octanol–water partition coefficient (Wildman–Crippen LogP) is 3.49. The number of aliphatic hydroxyl groups is 1. The summed E-state index contributed by atoms with van der Waals surface area (Å²) >= 11 is 0. The third-order valence-corrected chi connectivity index (χ3v) is 2.76. The summed E-state index contributed by atoms with van der Waals surface area (Å²) in [4.78, 5) is 11.2. The highest BCUT2D eigenvalue weighted by Gasteiger charge is 2.18. The van der Waals surface area contributed by atoms with Crippen molar-refractivity contribution in [1.82, 2.24) is 0 Å². The second kappa shape index (κ2) is 6.74. The van der Waals surface area contributed by atoms with Crippen molar-refractivity contribution in [2.24, 2.45) is 0 Å². The Morgan fingerprint density at radius 3 is 2.47 bits per heavy atom. The maximum Gasteiger partial charge on any atom is 0.310 e. The van der Waals surface area contributed by atoms with E-state index in [0.717, 1.165) is 5.56 Å². The molecule has 0 aliphatic rings. The summed E-state index contributed by atoms with van der Waals surface area (Å²) in [5.41, 5.74) is 0.819. The lowest BCUT2D eigenvalue weighted by Gasteiger charge is -2.12. The molecule has 1 aromatic rings. The summed E-state index contributed by atoms with van der Waals surface area (Å²) in [6, 6.07) is 9.21. The van der Waals surface area contributed by atoms with Gasteiger partial charge in [0.05, 0.1) is 11.7 Å². The van der Waals surface area contributed by atoms with Crippen molar-refractivity contribution in [3.05, 3.63) is 47.7 Å². The number of carbonyl (C=O) groups is 1. The molecule has 0 aliphatic carbocycles. The fraction of sp³-hybridized carbons (Fsp3) is 0.357. The van der Waals surface area contributed by atoms with Crippen LogP contribution in [-0.4, -0.2) is 16.2 Å². The normalized spacial score (nSPS) is 13.4. The number of hydrogen-bond acceptors (Lipinski definition) is 2. The van der Waals surface area contributed by atoms with Crippen LogP contribution in [0.15, 0.2) is 42.2 Å². The van der Waals surface area contributed by atoms with Crippen LogP contribution < -0.4 is 0 Å². The summed E-state index contributed by atoms with van der Waals surface area (Å²) in [6.07, 6.45) is 3.38. The van der Waals surface area contributed by atoms with Crippen LogP contribution in [0.5, 0.6) is 0 Å². The molecular formula is C14H18O3. The molecule has 0 saturated heterocycles. The first-order valence-corrected chi connectivity index (χ1v) is 5.77. The fourth-order valence-corrected chi connectivity index (χ4v) is 1.75. The largest absolute Gasteiger partial charge is 0.513 e. The summed E-state index contributed by atoms with van der Waals surface area (Å²) in [7, 11) is 0. The molecule has 1 atom stereocenters. The summed E-state index contributed by atoms with van der Waals surface area (Å²) in [5, 5.41) is 18.5. The molecule has 0 saturated carbocycles. The van der Waals surface area contributed by atoms with Crippen molar-refractivity contribution in [3.63, 3.8) is 0 Å². The highest BCUT2D eigenvalue weighted by molar-refractivity contribution is 5.75. The molecule has 1 unspecified atom stereocenters. The monoisotopic (exact) mass is 234 g/mol. The van der Waals surface area contributed by atoms with Crippen LogP contribution >= 0.6 is 0 Å². The first kappa shape index (κ1) is 13.3. The lowest BCUT2D eigenvalue weighted by atomic mass is 9.93. The van der Waals surface area contributed by atoms with Gasteiger partial charge >= 0.3 is 5.97 Å². The molecule has 2 N–H and O–H groups in total. The summed E-state index contributed by atoms with van der Waals surface area (Å²) < 4.78 is 0. The van der Waals surface area contributed by atoms with Crippen LogP contribution in [0.1, 0.15) is 37.7 Å². The molecule has 92 valence electrons. The second-order valence-corrected chi connectivity index (χ2v) is 3.97. The molecule has 17 heavy (non-hydrogen) atoms. The molecule has 0 bridgehead atoms. The minimum atomic E-state index is -0.809. The van der Waals surface area contributed by atoms with E-state index in [1.165, 1.54) is 0 Å². The Balaban J connectivity index is 2.60. The van der Waals surface area contributed by atoms with Crippen LogP contribution in [0.2, 0.25) is 0 Å². The van der Waals surface area contributed by atoms with Crippen molar-refractivity contribution in [2.45, 2.75) is 32.1 Å². The molecule has 3 nitrogen and oxygen atoms in total. The Labute approximate surface area is 101 Å². The SMILES string of the molecule is C/C=C(\O)CCCC(C(=O)O)c1ccccc1. The third kappa shape index (κ3) is 4.31. The number of benzene rings is 1. The Bertz CT molecular complexity index is 382. The first-order valence-electron chi connectivity index (χ1n) is 5.77. The molecule has 1 rings (SSSR count). The Morgan fingerprint density at radius 1 is 1.29 bits per heavy atom. The van der Waals surface area contributed by atoms with Crippen LogP contribution in [-0.2, 0) is 4.79 Å². The van der Waals surface area contributed by atoms with Crippen molar-refractivity contribution < 1.29 is 15.0 Å². The smallest absolute Gasteiger partial charge is 0.310 e. The predicted molar refractivity (Wildman–Crippen MR) is 67.1 cm³/mol. The van der Waals surface area contributed by atoms with Gasteiger partial charge in [-0.1, -0.05) is 30.3 Å². The van der Waals surface area contributed by atoms with Crippen LogP contribution in [0.25, 0.3) is 0 Å². The van der Waals surface area contributed by atoms with Gasteiger partial charge in [-0.25, -0.2) is 0 Å². The molecule has 1 aromatic carbocycles. The second-order valence-electron chi connectivity index (χ2n) is 3.97. The van der Waals surface area contributed by atoms with E-state index in [1.807, 2.05) is 30.3 Å². The van der Waals surface area contributed by atoms with Gasteiger partial charge in [-0.15, -0.1) is 0 Å². The minimum Gasteiger partial charge on any atom is -0.513 e. The van der Waals surface area contributed by atoms with Crippen molar-refractivity contribution in [3.8, 4) is 0 Å². The number of allylic oxidation sites excluding steroid dienone is 2. The molecule has 0 aromatic heterocycles. The van der Waals surface area contributed by atoms with Crippen molar-refractivity contribution in [2.75, 3.05) is 0 Å². The van der Waals surface area contributed by atoms with Gasteiger partial charge in [0.1, 0.15) is 0 Å². The van der Waals surface area contributed by atoms with E-state index in [0.29, 0.717) is 25.0 Å². The number of aliphatic carboxylic acids is 1. The van der Waals surface area contributed by atoms with E-state index < -0.39 is 11.9 Å². The number of hydrogen-bond donors (Lipinski definition) is 2. The average Bonchev–Trinajstić information content (AvgIpc) is 2.34. The summed E-state index contributed by atoms with van der Waals surface area (Å²) in [6.45, 7) is 1.77. The van der Waals surface area contributed by atoms with Gasteiger partial charge in [0.25, 0.3) is 0 Å². The highest BCUT2D eigenvalue weighted by atomic mass is 16.4. The highest BCUT2D eigenvalue weighted by Crippen LogP contribution is 2.23. The lowest BCUT2D eigenvalue weighted by molar-refractivity contribution is -0.139. The van der Waals surface area contributed by atoms with Gasteiger partial charge in [-0.3, -0.25) is 4.79 Å². The van der Waals surface area contributed by atoms with Gasteiger partial charge in [0.15, 0.2) is 0 Å². The van der Waals surface area contributed by atoms with Crippen LogP contribution in [0.3, 0.4) is 0 Å². The molecular weight excluding hydrogens is 216 g/mol. The maximum absolute atomic E-state index is 11.2. The molecule has 0 heterocycles. The van der Waals surface area contributed by atoms with Gasteiger partial charge in [0, 0.05) is 6.42 Å². The van der Waals surface area contributed by atoms with Crippen LogP contribution in [0, 0.1) is 0 Å². The molecule has 0 fully saturated rings. The maximum atomic E-state index is 11.2. The van der Waals surface area contributed by atoms with E-state index in [9.17, 15) is 15.0 Å². The lowest BCUT2D eigenvalue weighted by Crippen LogP contribution is -2.11. The van der Waals surface area contributed by atoms with Gasteiger partial charge < -0.3 is 10.2 Å². The topological polar surface area (TPSA) is 57.5 Å². The molecule has 0 spiro atoms. The molecule has 0 radical (unpaired) electrons. The zero-order valence-corrected chi connectivity index (χ0v) is 9.97. The van der Waals surface area contributed by atoms with E-state index in [4.69, 9.17) is 0 Å². The Morgan fingerprint density at radius 2 is 1.94 bits per heavy atom. The van der Waals surface area contributed by atoms with Crippen molar-refractivity contribution in [1.29, 1.82) is 0 Å². The molecule has 0 amide bonds. The van der Waals surface area contributed by atoms with Crippen molar-refractivity contribution >= 4 is 5.97 Å². The van der Waals surface area contributed by atoms with Crippen LogP contribution in [0.4, 0.5) is 0 Å². The molecule has 3 heteroatoms. The van der Waals surface area contributed by atoms with E-state index in [1.54, 1.807) is 13.0 Å². The number of carboxylic acids is 1. The number of rotatable bonds is 6. The average molecular weight is 234 g/mol. The zero-order chi connectivity index (χ0) is 12.7. The van der Waals surface area contributed by atoms with Gasteiger partial charge in [0.2, 0.25) is 0 Å². The van der Waals surface area contributed by atoms with Gasteiger partial charge in [-0.2, -0.15) is 0 Å². The van der Waals surface area contributed by atoms with E-state index in [-0.39, 0.29) is 0 Å². The fourth-order valence-electron chi connectivity index (χ4n) is 1.75. The third-order valence-electron chi connectivity index (χ3n) is 2.76. The Hall–Kier alpha value is -1.77. The standard InChI is InChI=1S/C14H18O3/c1-2-12(15)9-6-10-13(14(16)17)11-7-4-3-5-8-11/h2-5,7-8,13,15H,6,9-10H2,1H3,(H,16,17)/b12-2-. The van der Waals surface area contributed by atoms with E-state index in [2.05, 4.69) is 0 Å². The minimum absolute atomic E-state index is 0.321. The van der Waals surface area contributed by atoms with E-state index >= 15 is 0 Å². The Kier molecular flexibility index (Phi) is 5.27. The summed E-state index contributed by atoms with van der Waals surface area (Å²) in [5.74, 6) is -0.973. The number of aliphatic hydroxyl groups excluding tert-OH is 1. The number of carboxylic acid groups (broad SMARTS) is 1. The zero-order valence-electron chi connectivity index (χ0n) is 9.97. The quantitative estimate of drug-likeness (QED) is 0.741. The first-order chi connectivity index (χ1) is 8.15.